The molecule has 1 atom stereocenters. The molecule has 1 aromatic heterocycles. The maximum atomic E-state index is 14.4. The van der Waals surface area contributed by atoms with Crippen LogP contribution in [-0.2, 0) is 5.88 Å². The fraction of sp³-hybridized carbons (Fsp3) is 0.176. The van der Waals surface area contributed by atoms with Gasteiger partial charge in [0.1, 0.15) is 5.82 Å². The van der Waals surface area contributed by atoms with Crippen LogP contribution in [0.5, 0.6) is 0 Å². The molecule has 0 amide bonds. The van der Waals surface area contributed by atoms with E-state index >= 15 is 0 Å². The van der Waals surface area contributed by atoms with Crippen molar-refractivity contribution >= 4 is 11.6 Å². The zero-order chi connectivity index (χ0) is 15.5. The van der Waals surface area contributed by atoms with Crippen LogP contribution in [0.3, 0.4) is 0 Å². The van der Waals surface area contributed by atoms with Crippen LogP contribution in [0.15, 0.2) is 53.1 Å². The lowest BCUT2D eigenvalue weighted by molar-refractivity contribution is 0.366. The Hall–Kier alpha value is -2.20. The molecule has 22 heavy (non-hydrogen) atoms. The number of hydrogen-bond donors (Lipinski definition) is 0. The van der Waals surface area contributed by atoms with E-state index in [9.17, 15) is 4.39 Å². The molecular weight excluding hydrogens is 303 g/mol. The number of aromatic nitrogens is 2. The molecular formula is C17H14ClFN2O. The summed E-state index contributed by atoms with van der Waals surface area (Å²) >= 11 is 5.66. The second-order valence-corrected chi connectivity index (χ2v) is 5.28. The fourth-order valence-electron chi connectivity index (χ4n) is 2.29. The van der Waals surface area contributed by atoms with Gasteiger partial charge >= 0.3 is 0 Å². The van der Waals surface area contributed by atoms with Crippen LogP contribution in [0.4, 0.5) is 4.39 Å². The van der Waals surface area contributed by atoms with Crippen molar-refractivity contribution in [3.8, 4) is 11.1 Å². The van der Waals surface area contributed by atoms with E-state index in [2.05, 4.69) is 10.1 Å². The summed E-state index contributed by atoms with van der Waals surface area (Å²) in [6.07, 6.45) is 0. The van der Waals surface area contributed by atoms with Crippen molar-refractivity contribution in [1.29, 1.82) is 0 Å². The van der Waals surface area contributed by atoms with Gasteiger partial charge in [-0.2, -0.15) is 4.98 Å². The van der Waals surface area contributed by atoms with Crippen molar-refractivity contribution in [3.63, 3.8) is 0 Å². The number of nitrogens with zero attached hydrogens (tertiary/aromatic N) is 2. The zero-order valence-corrected chi connectivity index (χ0v) is 12.7. The topological polar surface area (TPSA) is 38.9 Å². The highest BCUT2D eigenvalue weighted by Gasteiger charge is 2.17. The predicted molar refractivity (Wildman–Crippen MR) is 83.2 cm³/mol. The van der Waals surface area contributed by atoms with Gasteiger partial charge in [0.25, 0.3) is 0 Å². The SMILES string of the molecule is CC(c1ccc(-c2ccccc2)c(F)c1)c1nc(CCl)no1. The standard InChI is InChI=1S/C17H14ClFN2O/c1-11(17-20-16(10-18)21-22-17)13-7-8-14(15(19)9-13)12-5-3-2-4-6-12/h2-9,11H,10H2,1H3. The second kappa shape index (κ2) is 6.28. The van der Waals surface area contributed by atoms with Crippen LogP contribution in [0.25, 0.3) is 11.1 Å². The van der Waals surface area contributed by atoms with Gasteiger partial charge in [0, 0.05) is 5.56 Å². The van der Waals surface area contributed by atoms with E-state index in [1.165, 1.54) is 6.07 Å². The molecule has 0 N–H and O–H groups in total. The van der Waals surface area contributed by atoms with E-state index < -0.39 is 0 Å². The van der Waals surface area contributed by atoms with Gasteiger partial charge < -0.3 is 4.52 Å². The van der Waals surface area contributed by atoms with Gasteiger partial charge in [-0.15, -0.1) is 11.6 Å². The zero-order valence-electron chi connectivity index (χ0n) is 12.0. The average Bonchev–Trinajstić information content (AvgIpc) is 3.04. The molecule has 0 aliphatic carbocycles. The number of hydrogen-bond acceptors (Lipinski definition) is 3. The highest BCUT2D eigenvalue weighted by molar-refractivity contribution is 6.16. The second-order valence-electron chi connectivity index (χ2n) is 5.01. The molecule has 0 bridgehead atoms. The van der Waals surface area contributed by atoms with Crippen LogP contribution in [0.2, 0.25) is 0 Å². The highest BCUT2D eigenvalue weighted by atomic mass is 35.5. The Kier molecular flexibility index (Phi) is 4.20. The molecule has 0 radical (unpaired) electrons. The number of halogens is 2. The van der Waals surface area contributed by atoms with Gasteiger partial charge in [0.2, 0.25) is 5.89 Å². The molecule has 1 unspecified atom stereocenters. The van der Waals surface area contributed by atoms with E-state index in [1.54, 1.807) is 6.07 Å². The smallest absolute Gasteiger partial charge is 0.233 e. The summed E-state index contributed by atoms with van der Waals surface area (Å²) in [5, 5.41) is 3.76. The minimum Gasteiger partial charge on any atom is -0.339 e. The van der Waals surface area contributed by atoms with Crippen LogP contribution in [0, 0.1) is 5.82 Å². The van der Waals surface area contributed by atoms with Crippen LogP contribution < -0.4 is 0 Å². The van der Waals surface area contributed by atoms with E-state index in [-0.39, 0.29) is 17.6 Å². The summed E-state index contributed by atoms with van der Waals surface area (Å²) < 4.78 is 19.6. The summed E-state index contributed by atoms with van der Waals surface area (Å²) in [6.45, 7) is 1.89. The van der Waals surface area contributed by atoms with Gasteiger partial charge in [-0.25, -0.2) is 4.39 Å². The summed E-state index contributed by atoms with van der Waals surface area (Å²) in [7, 11) is 0. The normalized spacial score (nSPS) is 12.3. The maximum Gasteiger partial charge on any atom is 0.233 e. The van der Waals surface area contributed by atoms with E-state index in [0.29, 0.717) is 17.3 Å². The third-order valence-electron chi connectivity index (χ3n) is 3.55. The molecule has 0 aliphatic heterocycles. The van der Waals surface area contributed by atoms with Gasteiger partial charge in [-0.3, -0.25) is 0 Å². The molecule has 3 nitrogen and oxygen atoms in total. The third kappa shape index (κ3) is 2.88. The molecule has 0 saturated carbocycles. The van der Waals surface area contributed by atoms with Crippen molar-refractivity contribution in [3.05, 3.63) is 71.6 Å². The van der Waals surface area contributed by atoms with Crippen LogP contribution >= 0.6 is 11.6 Å². The Morgan fingerprint density at radius 1 is 1.18 bits per heavy atom. The van der Waals surface area contributed by atoms with E-state index in [4.69, 9.17) is 16.1 Å². The number of benzene rings is 2. The minimum atomic E-state index is -0.271. The quantitative estimate of drug-likeness (QED) is 0.651. The Balaban J connectivity index is 1.91. The third-order valence-corrected chi connectivity index (χ3v) is 3.79. The first-order valence-corrected chi connectivity index (χ1v) is 7.46. The first-order valence-electron chi connectivity index (χ1n) is 6.92. The highest BCUT2D eigenvalue weighted by Crippen LogP contribution is 2.28. The molecule has 0 aliphatic rings. The van der Waals surface area contributed by atoms with E-state index in [0.717, 1.165) is 11.1 Å². The fourth-order valence-corrected chi connectivity index (χ4v) is 2.40. The van der Waals surface area contributed by atoms with E-state index in [1.807, 2.05) is 43.3 Å². The Morgan fingerprint density at radius 3 is 2.59 bits per heavy atom. The molecule has 1 heterocycles. The monoisotopic (exact) mass is 316 g/mol. The first-order chi connectivity index (χ1) is 10.7. The van der Waals surface area contributed by atoms with Gasteiger partial charge in [0.05, 0.1) is 11.8 Å². The lowest BCUT2D eigenvalue weighted by Crippen LogP contribution is -1.98. The van der Waals surface area contributed by atoms with Crippen molar-refractivity contribution in [2.75, 3.05) is 0 Å². The molecule has 3 rings (SSSR count). The number of alkyl halides is 1. The average molecular weight is 317 g/mol. The molecule has 5 heteroatoms. The molecule has 0 fully saturated rings. The first kappa shape index (κ1) is 14.7. The van der Waals surface area contributed by atoms with Crippen LogP contribution in [-0.4, -0.2) is 10.1 Å². The summed E-state index contributed by atoms with van der Waals surface area (Å²) in [5.41, 5.74) is 2.20. The van der Waals surface area contributed by atoms with Crippen molar-refractivity contribution < 1.29 is 8.91 Å². The Labute approximate surface area is 132 Å². The maximum absolute atomic E-state index is 14.4. The van der Waals surface area contributed by atoms with Crippen molar-refractivity contribution in [2.24, 2.45) is 0 Å². The summed E-state index contributed by atoms with van der Waals surface area (Å²) in [6, 6.07) is 14.6. The molecule has 112 valence electrons. The lowest BCUT2D eigenvalue weighted by Gasteiger charge is -2.10. The summed E-state index contributed by atoms with van der Waals surface area (Å²) in [5.74, 6) is 0.598. The largest absolute Gasteiger partial charge is 0.339 e. The molecule has 2 aromatic carbocycles. The van der Waals surface area contributed by atoms with Crippen LogP contribution in [0.1, 0.15) is 30.1 Å². The van der Waals surface area contributed by atoms with Crippen molar-refractivity contribution in [2.45, 2.75) is 18.7 Å². The minimum absolute atomic E-state index is 0.191. The van der Waals surface area contributed by atoms with Gasteiger partial charge in [0.15, 0.2) is 5.82 Å². The van der Waals surface area contributed by atoms with Gasteiger partial charge in [-0.1, -0.05) is 47.6 Å². The lowest BCUT2D eigenvalue weighted by atomic mass is 9.97. The molecule has 3 aromatic rings. The van der Waals surface area contributed by atoms with Gasteiger partial charge in [-0.05, 0) is 24.1 Å². The number of rotatable bonds is 4. The molecule has 0 spiro atoms. The predicted octanol–water partition coefficient (Wildman–Crippen LogP) is 4.77. The van der Waals surface area contributed by atoms with Crippen molar-refractivity contribution in [1.82, 2.24) is 10.1 Å². The summed E-state index contributed by atoms with van der Waals surface area (Å²) in [4.78, 5) is 4.18. The Morgan fingerprint density at radius 2 is 1.95 bits per heavy atom. The Bertz CT molecular complexity index is 773. The molecule has 0 saturated heterocycles.